The van der Waals surface area contributed by atoms with E-state index in [4.69, 9.17) is 0 Å². The third-order valence-corrected chi connectivity index (χ3v) is 8.37. The maximum absolute atomic E-state index is 11.8. The van der Waals surface area contributed by atoms with Crippen molar-refractivity contribution in [3.8, 4) is 0 Å². The summed E-state index contributed by atoms with van der Waals surface area (Å²) < 4.78 is 0. The molecule has 3 heteroatoms. The summed E-state index contributed by atoms with van der Waals surface area (Å²) in [5.41, 5.74) is 0.169. The third kappa shape index (κ3) is 1.86. The highest BCUT2D eigenvalue weighted by molar-refractivity contribution is 5.91. The number of carbonyl (C=O) groups excluding carboxylic acids is 2. The van der Waals surface area contributed by atoms with Crippen molar-refractivity contribution in [3.05, 3.63) is 11.6 Å². The van der Waals surface area contributed by atoms with Gasteiger partial charge in [-0.1, -0.05) is 19.4 Å². The fourth-order valence-electron chi connectivity index (χ4n) is 6.80. The van der Waals surface area contributed by atoms with E-state index in [0.717, 1.165) is 44.8 Å². The van der Waals surface area contributed by atoms with Crippen LogP contribution in [-0.4, -0.2) is 22.8 Å². The lowest BCUT2D eigenvalue weighted by Gasteiger charge is -2.58. The normalized spacial score (nSPS) is 52.2. The van der Waals surface area contributed by atoms with Gasteiger partial charge in [-0.3, -0.25) is 4.79 Å². The van der Waals surface area contributed by atoms with Crippen molar-refractivity contribution in [2.24, 2.45) is 28.6 Å². The van der Waals surface area contributed by atoms with E-state index in [1.54, 1.807) is 0 Å². The van der Waals surface area contributed by atoms with Gasteiger partial charge in [-0.15, -0.1) is 0 Å². The smallest absolute Gasteiger partial charge is 0.155 e. The molecule has 0 aromatic carbocycles. The average Bonchev–Trinajstić information content (AvgIpc) is 2.80. The van der Waals surface area contributed by atoms with Gasteiger partial charge in [-0.05, 0) is 74.2 Å². The highest BCUT2D eigenvalue weighted by Crippen LogP contribution is 2.67. The van der Waals surface area contributed by atoms with E-state index in [0.29, 0.717) is 36.4 Å². The van der Waals surface area contributed by atoms with Crippen LogP contribution in [0, 0.1) is 28.6 Å². The lowest BCUT2D eigenvalue weighted by Crippen LogP contribution is -2.55. The van der Waals surface area contributed by atoms with E-state index in [2.05, 4.69) is 13.8 Å². The topological polar surface area (TPSA) is 54.4 Å². The molecule has 0 bridgehead atoms. The van der Waals surface area contributed by atoms with Gasteiger partial charge in [0.25, 0.3) is 0 Å². The summed E-state index contributed by atoms with van der Waals surface area (Å²) >= 11 is 0. The molecule has 0 aromatic rings. The van der Waals surface area contributed by atoms with Crippen LogP contribution in [0.3, 0.4) is 0 Å². The van der Waals surface area contributed by atoms with Crippen LogP contribution in [-0.2, 0) is 9.59 Å². The van der Waals surface area contributed by atoms with Gasteiger partial charge in [0.2, 0.25) is 0 Å². The second-order valence-corrected chi connectivity index (χ2v) is 9.01. The second kappa shape index (κ2) is 4.78. The Morgan fingerprint density at radius 3 is 2.57 bits per heavy atom. The first-order chi connectivity index (χ1) is 10.8. The Labute approximate surface area is 138 Å². The monoisotopic (exact) mass is 316 g/mol. The number of fused-ring (bicyclic) bond motifs is 5. The standard InChI is InChI=1S/C20H28O3/c1-18-8-5-14(22)11-13(18)3-4-15-16(18)6-9-19(2)17(15)7-10-20(19,23)12-21/h11-12,15-17,23H,3-10H2,1-2H3/t15?,16?,17?,18?,19?,20-/m0/s1. The number of allylic oxidation sites excluding steroid dienone is 1. The number of hydrogen-bond donors (Lipinski definition) is 1. The van der Waals surface area contributed by atoms with E-state index < -0.39 is 5.60 Å². The Bertz CT molecular complexity index is 594. The number of aldehydes is 1. The summed E-state index contributed by atoms with van der Waals surface area (Å²) in [7, 11) is 0. The summed E-state index contributed by atoms with van der Waals surface area (Å²) in [5.74, 6) is 1.96. The number of aliphatic hydroxyl groups is 1. The predicted octanol–water partition coefficient (Wildman–Crippen LogP) is 3.45. The SMILES string of the molecule is CC12CCC(=O)C=C1CCC1C2CCC2(C)C1CC[C@]2(O)C=O. The molecular weight excluding hydrogens is 288 g/mol. The van der Waals surface area contributed by atoms with Crippen LogP contribution in [0.5, 0.6) is 0 Å². The summed E-state index contributed by atoms with van der Waals surface area (Å²) in [6.07, 6.45) is 10.2. The van der Waals surface area contributed by atoms with Crippen LogP contribution in [0.15, 0.2) is 11.6 Å². The number of ketones is 1. The number of carbonyl (C=O) groups is 2. The Morgan fingerprint density at radius 2 is 1.83 bits per heavy atom. The maximum atomic E-state index is 11.8. The zero-order valence-corrected chi connectivity index (χ0v) is 14.3. The van der Waals surface area contributed by atoms with Gasteiger partial charge < -0.3 is 9.90 Å². The first-order valence-corrected chi connectivity index (χ1v) is 9.27. The second-order valence-electron chi connectivity index (χ2n) is 9.01. The van der Waals surface area contributed by atoms with E-state index >= 15 is 0 Å². The molecule has 3 saturated carbocycles. The minimum Gasteiger partial charge on any atom is -0.382 e. The minimum atomic E-state index is -1.12. The number of hydrogen-bond acceptors (Lipinski definition) is 3. The fraction of sp³-hybridized carbons (Fsp3) is 0.800. The lowest BCUT2D eigenvalue weighted by molar-refractivity contribution is -0.149. The molecule has 0 radical (unpaired) electrons. The Balaban J connectivity index is 1.70. The Kier molecular flexibility index (Phi) is 3.23. The molecule has 0 spiro atoms. The van der Waals surface area contributed by atoms with E-state index in [-0.39, 0.29) is 10.8 Å². The molecule has 4 aliphatic carbocycles. The van der Waals surface area contributed by atoms with E-state index in [9.17, 15) is 14.7 Å². The molecule has 0 amide bonds. The minimum absolute atomic E-state index is 0.167. The van der Waals surface area contributed by atoms with Crippen LogP contribution >= 0.6 is 0 Å². The van der Waals surface area contributed by atoms with Crippen LogP contribution < -0.4 is 0 Å². The molecule has 0 heterocycles. The van der Waals surface area contributed by atoms with Gasteiger partial charge in [0.15, 0.2) is 12.1 Å². The molecule has 126 valence electrons. The Hall–Kier alpha value is -0.960. The molecule has 1 N–H and O–H groups in total. The molecule has 6 atom stereocenters. The molecule has 0 saturated heterocycles. The highest BCUT2D eigenvalue weighted by Gasteiger charge is 2.63. The Morgan fingerprint density at radius 1 is 1.09 bits per heavy atom. The molecule has 0 aromatic heterocycles. The van der Waals surface area contributed by atoms with Crippen LogP contribution in [0.1, 0.15) is 65.2 Å². The van der Waals surface area contributed by atoms with Gasteiger partial charge in [-0.25, -0.2) is 0 Å². The summed E-state index contributed by atoms with van der Waals surface area (Å²) in [6, 6.07) is 0. The summed E-state index contributed by atoms with van der Waals surface area (Å²) in [5, 5.41) is 10.9. The largest absolute Gasteiger partial charge is 0.382 e. The van der Waals surface area contributed by atoms with Gasteiger partial charge >= 0.3 is 0 Å². The fourth-order valence-corrected chi connectivity index (χ4v) is 6.80. The average molecular weight is 316 g/mol. The molecule has 3 fully saturated rings. The van der Waals surface area contributed by atoms with Gasteiger partial charge in [0, 0.05) is 11.8 Å². The molecule has 4 rings (SSSR count). The van der Waals surface area contributed by atoms with Crippen molar-refractivity contribution in [1.82, 2.24) is 0 Å². The zero-order chi connectivity index (χ0) is 16.5. The van der Waals surface area contributed by atoms with Crippen molar-refractivity contribution >= 4 is 12.1 Å². The number of rotatable bonds is 1. The third-order valence-electron chi connectivity index (χ3n) is 8.37. The molecule has 23 heavy (non-hydrogen) atoms. The molecule has 0 aliphatic heterocycles. The van der Waals surface area contributed by atoms with Crippen LogP contribution in [0.4, 0.5) is 0 Å². The van der Waals surface area contributed by atoms with Gasteiger partial charge in [0.1, 0.15) is 5.60 Å². The molecule has 3 nitrogen and oxygen atoms in total. The lowest BCUT2D eigenvalue weighted by atomic mass is 9.46. The molecular formula is C20H28O3. The summed E-state index contributed by atoms with van der Waals surface area (Å²) in [6.45, 7) is 4.51. The first kappa shape index (κ1) is 15.6. The summed E-state index contributed by atoms with van der Waals surface area (Å²) in [4.78, 5) is 23.4. The molecule has 5 unspecified atom stereocenters. The molecule has 4 aliphatic rings. The van der Waals surface area contributed by atoms with Gasteiger partial charge in [-0.2, -0.15) is 0 Å². The van der Waals surface area contributed by atoms with Crippen molar-refractivity contribution in [2.45, 2.75) is 70.8 Å². The van der Waals surface area contributed by atoms with Crippen molar-refractivity contribution < 1.29 is 14.7 Å². The zero-order valence-electron chi connectivity index (χ0n) is 14.3. The van der Waals surface area contributed by atoms with Crippen molar-refractivity contribution in [2.75, 3.05) is 0 Å². The van der Waals surface area contributed by atoms with Gasteiger partial charge in [0.05, 0.1) is 0 Å². The van der Waals surface area contributed by atoms with E-state index in [1.807, 2.05) is 6.08 Å². The quantitative estimate of drug-likeness (QED) is 0.754. The highest BCUT2D eigenvalue weighted by atomic mass is 16.3. The van der Waals surface area contributed by atoms with Crippen LogP contribution in [0.25, 0.3) is 0 Å². The van der Waals surface area contributed by atoms with E-state index in [1.165, 1.54) is 5.57 Å². The first-order valence-electron chi connectivity index (χ1n) is 9.27. The van der Waals surface area contributed by atoms with Crippen LogP contribution in [0.2, 0.25) is 0 Å². The van der Waals surface area contributed by atoms with Crippen molar-refractivity contribution in [3.63, 3.8) is 0 Å². The maximum Gasteiger partial charge on any atom is 0.155 e. The van der Waals surface area contributed by atoms with Crippen molar-refractivity contribution in [1.29, 1.82) is 0 Å². The predicted molar refractivity (Wildman–Crippen MR) is 87.7 cm³/mol.